The van der Waals surface area contributed by atoms with Crippen LogP contribution in [0.2, 0.25) is 5.02 Å². The van der Waals surface area contributed by atoms with Crippen LogP contribution < -0.4 is 5.56 Å². The number of fused-ring (bicyclic) bond motifs is 3. The SMILES string of the molecule is CCCn1c(=O)c2cc(Cl)ccc2n2c(SCc3ccccc3F)nnc12. The number of aryl methyl sites for hydroxylation is 1. The molecule has 5 nitrogen and oxygen atoms in total. The van der Waals surface area contributed by atoms with Gasteiger partial charge in [0, 0.05) is 17.3 Å². The Bertz CT molecular complexity index is 1200. The second kappa shape index (κ2) is 7.32. The lowest BCUT2D eigenvalue weighted by Crippen LogP contribution is -2.23. The van der Waals surface area contributed by atoms with E-state index in [0.29, 0.717) is 44.7 Å². The molecule has 0 unspecified atom stereocenters. The van der Waals surface area contributed by atoms with Crippen LogP contribution >= 0.6 is 23.4 Å². The Hall–Kier alpha value is -2.38. The lowest BCUT2D eigenvalue weighted by molar-refractivity contribution is 0.617. The van der Waals surface area contributed by atoms with E-state index in [1.807, 2.05) is 11.3 Å². The molecule has 0 radical (unpaired) electrons. The first-order valence-electron chi connectivity index (χ1n) is 8.53. The largest absolute Gasteiger partial charge is 0.276 e. The van der Waals surface area contributed by atoms with Crippen LogP contribution in [0.15, 0.2) is 52.4 Å². The summed E-state index contributed by atoms with van der Waals surface area (Å²) in [6.45, 7) is 2.52. The fraction of sp³-hybridized carbons (Fsp3) is 0.211. The molecule has 0 aliphatic heterocycles. The average molecular weight is 403 g/mol. The summed E-state index contributed by atoms with van der Waals surface area (Å²) in [7, 11) is 0. The number of rotatable bonds is 5. The van der Waals surface area contributed by atoms with E-state index >= 15 is 0 Å². The molecule has 0 fully saturated rings. The van der Waals surface area contributed by atoms with Gasteiger partial charge in [-0.3, -0.25) is 13.8 Å². The quantitative estimate of drug-likeness (QED) is 0.460. The first-order chi connectivity index (χ1) is 13.1. The first-order valence-corrected chi connectivity index (χ1v) is 9.90. The number of hydrogen-bond acceptors (Lipinski definition) is 4. The molecule has 0 amide bonds. The van der Waals surface area contributed by atoms with Crippen LogP contribution in [0.5, 0.6) is 0 Å². The Balaban J connectivity index is 1.89. The molecule has 0 spiro atoms. The van der Waals surface area contributed by atoms with Crippen LogP contribution in [0, 0.1) is 5.82 Å². The lowest BCUT2D eigenvalue weighted by Gasteiger charge is -2.10. The molecule has 0 atom stereocenters. The number of benzene rings is 2. The molecule has 0 N–H and O–H groups in total. The average Bonchev–Trinajstić information content (AvgIpc) is 3.08. The smallest absolute Gasteiger partial charge is 0.262 e. The van der Waals surface area contributed by atoms with Gasteiger partial charge < -0.3 is 0 Å². The zero-order valence-corrected chi connectivity index (χ0v) is 16.1. The molecule has 0 saturated heterocycles. The highest BCUT2D eigenvalue weighted by Crippen LogP contribution is 2.26. The maximum absolute atomic E-state index is 13.9. The van der Waals surface area contributed by atoms with Gasteiger partial charge in [-0.1, -0.05) is 48.5 Å². The molecule has 0 aliphatic carbocycles. The van der Waals surface area contributed by atoms with Crippen LogP contribution in [-0.4, -0.2) is 19.2 Å². The molecule has 0 aliphatic rings. The van der Waals surface area contributed by atoms with E-state index in [4.69, 9.17) is 11.6 Å². The van der Waals surface area contributed by atoms with E-state index in [-0.39, 0.29) is 11.4 Å². The third-order valence-electron chi connectivity index (χ3n) is 4.29. The van der Waals surface area contributed by atoms with Crippen molar-refractivity contribution in [2.45, 2.75) is 30.8 Å². The maximum atomic E-state index is 13.9. The summed E-state index contributed by atoms with van der Waals surface area (Å²) in [5.74, 6) is 0.640. The van der Waals surface area contributed by atoms with E-state index in [9.17, 15) is 9.18 Å². The monoisotopic (exact) mass is 402 g/mol. The van der Waals surface area contributed by atoms with Crippen LogP contribution in [-0.2, 0) is 12.3 Å². The topological polar surface area (TPSA) is 52.2 Å². The zero-order valence-electron chi connectivity index (χ0n) is 14.5. The van der Waals surface area contributed by atoms with Crippen molar-refractivity contribution < 1.29 is 4.39 Å². The van der Waals surface area contributed by atoms with Crippen molar-refractivity contribution in [1.29, 1.82) is 0 Å². The van der Waals surface area contributed by atoms with Crippen LogP contribution in [0.1, 0.15) is 18.9 Å². The summed E-state index contributed by atoms with van der Waals surface area (Å²) in [6, 6.07) is 11.8. The maximum Gasteiger partial charge on any atom is 0.262 e. The van der Waals surface area contributed by atoms with Crippen LogP contribution in [0.3, 0.4) is 0 Å². The van der Waals surface area contributed by atoms with Crippen molar-refractivity contribution in [3.8, 4) is 0 Å². The molecule has 2 aromatic heterocycles. The molecule has 8 heteroatoms. The Morgan fingerprint density at radius 1 is 1.19 bits per heavy atom. The Labute approximate surface area is 163 Å². The minimum atomic E-state index is -0.252. The Kier molecular flexibility index (Phi) is 4.88. The minimum absolute atomic E-state index is 0.139. The van der Waals surface area contributed by atoms with Gasteiger partial charge in [-0.25, -0.2) is 4.39 Å². The molecule has 4 rings (SSSR count). The van der Waals surface area contributed by atoms with E-state index in [1.165, 1.54) is 17.8 Å². The summed E-state index contributed by atoms with van der Waals surface area (Å²) in [5, 5.41) is 10.1. The molecule has 0 bridgehead atoms. The van der Waals surface area contributed by atoms with Gasteiger partial charge in [0.25, 0.3) is 5.56 Å². The molecular weight excluding hydrogens is 387 g/mol. The van der Waals surface area contributed by atoms with Crippen molar-refractivity contribution >= 4 is 40.0 Å². The highest BCUT2D eigenvalue weighted by Gasteiger charge is 2.17. The zero-order chi connectivity index (χ0) is 19.0. The highest BCUT2D eigenvalue weighted by molar-refractivity contribution is 7.98. The Morgan fingerprint density at radius 2 is 2.00 bits per heavy atom. The summed E-state index contributed by atoms with van der Waals surface area (Å²) in [5.41, 5.74) is 1.14. The predicted octanol–water partition coefficient (Wildman–Crippen LogP) is 4.54. The van der Waals surface area contributed by atoms with Crippen LogP contribution in [0.25, 0.3) is 16.7 Å². The molecular formula is C19H16ClFN4OS. The van der Waals surface area contributed by atoms with E-state index in [0.717, 1.165) is 6.42 Å². The summed E-state index contributed by atoms with van der Waals surface area (Å²) >= 11 is 7.48. The summed E-state index contributed by atoms with van der Waals surface area (Å²) in [6.07, 6.45) is 0.784. The fourth-order valence-corrected chi connectivity index (χ4v) is 4.13. The van der Waals surface area contributed by atoms with Crippen molar-refractivity contribution in [2.24, 2.45) is 0 Å². The van der Waals surface area contributed by atoms with E-state index < -0.39 is 0 Å². The van der Waals surface area contributed by atoms with Gasteiger partial charge in [-0.2, -0.15) is 0 Å². The molecule has 2 heterocycles. The van der Waals surface area contributed by atoms with E-state index in [2.05, 4.69) is 10.2 Å². The van der Waals surface area contributed by atoms with Crippen molar-refractivity contribution in [3.05, 3.63) is 69.2 Å². The molecule has 138 valence electrons. The van der Waals surface area contributed by atoms with Gasteiger partial charge >= 0.3 is 0 Å². The molecule has 0 saturated carbocycles. The second-order valence-corrected chi connectivity index (χ2v) is 7.50. The van der Waals surface area contributed by atoms with Gasteiger partial charge in [-0.05, 0) is 36.2 Å². The van der Waals surface area contributed by atoms with Gasteiger partial charge in [0.15, 0.2) is 5.16 Å². The molecule has 27 heavy (non-hydrogen) atoms. The summed E-state index contributed by atoms with van der Waals surface area (Å²) < 4.78 is 17.4. The number of nitrogens with zero attached hydrogens (tertiary/aromatic N) is 4. The van der Waals surface area contributed by atoms with Gasteiger partial charge in [0.05, 0.1) is 10.9 Å². The highest BCUT2D eigenvalue weighted by atomic mass is 35.5. The summed E-state index contributed by atoms with van der Waals surface area (Å²) in [4.78, 5) is 12.9. The van der Waals surface area contributed by atoms with Gasteiger partial charge in [0.2, 0.25) is 5.78 Å². The second-order valence-electron chi connectivity index (χ2n) is 6.12. The van der Waals surface area contributed by atoms with Crippen molar-refractivity contribution in [2.75, 3.05) is 0 Å². The molecule has 4 aromatic rings. The first kappa shape index (κ1) is 18.0. The normalized spacial score (nSPS) is 11.5. The number of thioether (sulfide) groups is 1. The van der Waals surface area contributed by atoms with Gasteiger partial charge in [-0.15, -0.1) is 10.2 Å². The molecule has 2 aromatic carbocycles. The lowest BCUT2D eigenvalue weighted by atomic mass is 10.2. The third kappa shape index (κ3) is 3.21. The van der Waals surface area contributed by atoms with Crippen molar-refractivity contribution in [3.63, 3.8) is 0 Å². The van der Waals surface area contributed by atoms with Gasteiger partial charge in [0.1, 0.15) is 5.82 Å². The fourth-order valence-electron chi connectivity index (χ4n) is 3.04. The number of hydrogen-bond donors (Lipinski definition) is 0. The minimum Gasteiger partial charge on any atom is -0.276 e. The number of halogens is 2. The number of aromatic nitrogens is 4. The van der Waals surface area contributed by atoms with Crippen LogP contribution in [0.4, 0.5) is 4.39 Å². The van der Waals surface area contributed by atoms with E-state index in [1.54, 1.807) is 41.0 Å². The standard InChI is InChI=1S/C19H16ClFN4OS/c1-2-9-24-17(26)14-10-13(20)7-8-16(14)25-18(24)22-23-19(25)27-11-12-5-3-4-6-15(12)21/h3-8,10H,2,9,11H2,1H3. The van der Waals surface area contributed by atoms with Crippen molar-refractivity contribution in [1.82, 2.24) is 19.2 Å². The third-order valence-corrected chi connectivity index (χ3v) is 5.51. The predicted molar refractivity (Wildman–Crippen MR) is 106 cm³/mol. The Morgan fingerprint density at radius 3 is 2.78 bits per heavy atom.